The quantitative estimate of drug-likeness (QED) is 0.0199. The summed E-state index contributed by atoms with van der Waals surface area (Å²) in [5.41, 5.74) is 0. The molecule has 6 heteroatoms. The van der Waals surface area contributed by atoms with Crippen molar-refractivity contribution < 1.29 is 28.6 Å². The van der Waals surface area contributed by atoms with E-state index in [-0.39, 0.29) is 37.5 Å². The average Bonchev–Trinajstić information content (AvgIpc) is 3.30. The molecular weight excluding hydrogens is 805 g/mol. The minimum atomic E-state index is -0.822. The number of allylic oxidation sites excluding steroid dienone is 20. The number of unbranched alkanes of at least 4 members (excludes halogenated alkanes) is 18. The normalized spacial score (nSPS) is 13.1. The Labute approximate surface area is 399 Å². The highest BCUT2D eigenvalue weighted by molar-refractivity contribution is 5.71. The highest BCUT2D eigenvalue weighted by Gasteiger charge is 2.19. The average molecular weight is 899 g/mol. The van der Waals surface area contributed by atoms with Crippen LogP contribution in [0.5, 0.6) is 0 Å². The van der Waals surface area contributed by atoms with Crippen molar-refractivity contribution >= 4 is 17.9 Å². The summed E-state index contributed by atoms with van der Waals surface area (Å²) in [5, 5.41) is 0. The summed E-state index contributed by atoms with van der Waals surface area (Å²) in [6, 6.07) is 0. The highest BCUT2D eigenvalue weighted by atomic mass is 16.6. The van der Waals surface area contributed by atoms with E-state index in [1.54, 1.807) is 0 Å². The van der Waals surface area contributed by atoms with Crippen LogP contribution in [0.4, 0.5) is 0 Å². The van der Waals surface area contributed by atoms with E-state index >= 15 is 0 Å². The number of ether oxygens (including phenoxy) is 3. The number of hydrogen-bond donors (Lipinski definition) is 0. The largest absolute Gasteiger partial charge is 0.462 e. The van der Waals surface area contributed by atoms with Crippen molar-refractivity contribution in [3.63, 3.8) is 0 Å². The maximum Gasteiger partial charge on any atom is 0.306 e. The highest BCUT2D eigenvalue weighted by Crippen LogP contribution is 2.15. The SMILES string of the molecule is CC/C=C/C=C/C=C/C=C/C=C/CCCC(=O)OCC(COC(=O)CCCCC/C=C/C/C=C/C/C=C/C/C=C/C/C=C/CC)OC(=O)CCCCCCCCCCCCCCCCC. The van der Waals surface area contributed by atoms with Gasteiger partial charge in [0.1, 0.15) is 13.2 Å². The van der Waals surface area contributed by atoms with E-state index in [9.17, 15) is 14.4 Å². The second-order valence-corrected chi connectivity index (χ2v) is 16.8. The molecule has 0 rings (SSSR count). The number of hydrogen-bond acceptors (Lipinski definition) is 6. The molecule has 6 nitrogen and oxygen atoms in total. The summed E-state index contributed by atoms with van der Waals surface area (Å²) >= 11 is 0. The lowest BCUT2D eigenvalue weighted by atomic mass is 10.0. The second kappa shape index (κ2) is 52.4. The fourth-order valence-electron chi connectivity index (χ4n) is 6.73. The van der Waals surface area contributed by atoms with Crippen molar-refractivity contribution in [3.8, 4) is 0 Å². The number of esters is 3. The van der Waals surface area contributed by atoms with Crippen LogP contribution < -0.4 is 0 Å². The van der Waals surface area contributed by atoms with Gasteiger partial charge in [-0.05, 0) is 77.0 Å². The van der Waals surface area contributed by atoms with Crippen molar-refractivity contribution in [1.29, 1.82) is 0 Å². The van der Waals surface area contributed by atoms with E-state index in [2.05, 4.69) is 87.6 Å². The van der Waals surface area contributed by atoms with Crippen LogP contribution in [0.25, 0.3) is 0 Å². The predicted molar refractivity (Wildman–Crippen MR) is 279 cm³/mol. The number of carbonyl (C=O) groups excluding carboxylic acids is 3. The van der Waals surface area contributed by atoms with E-state index in [0.29, 0.717) is 19.3 Å². The van der Waals surface area contributed by atoms with Gasteiger partial charge >= 0.3 is 17.9 Å². The Hall–Kier alpha value is -4.19. The molecule has 0 saturated carbocycles. The third kappa shape index (κ3) is 50.7. The molecule has 0 bridgehead atoms. The Bertz CT molecular complexity index is 1400. The third-order valence-corrected chi connectivity index (χ3v) is 10.6. The summed E-state index contributed by atoms with van der Waals surface area (Å²) in [5.74, 6) is -1.03. The topological polar surface area (TPSA) is 78.9 Å². The fraction of sp³-hybridized carbons (Fsp3) is 0.610. The van der Waals surface area contributed by atoms with E-state index < -0.39 is 6.10 Å². The molecular formula is C59H94O6. The molecule has 1 atom stereocenters. The summed E-state index contributed by atoms with van der Waals surface area (Å²) in [7, 11) is 0. The van der Waals surface area contributed by atoms with E-state index in [0.717, 1.165) is 89.9 Å². The van der Waals surface area contributed by atoms with Gasteiger partial charge in [-0.15, -0.1) is 0 Å². The molecule has 0 saturated heterocycles. The van der Waals surface area contributed by atoms with Crippen molar-refractivity contribution in [1.82, 2.24) is 0 Å². The zero-order chi connectivity index (χ0) is 47.2. The van der Waals surface area contributed by atoms with E-state index in [1.807, 2.05) is 54.7 Å². The molecule has 0 N–H and O–H groups in total. The van der Waals surface area contributed by atoms with Gasteiger partial charge in [-0.1, -0.05) is 239 Å². The Morgan fingerprint density at radius 1 is 0.338 bits per heavy atom. The van der Waals surface area contributed by atoms with Gasteiger partial charge in [-0.3, -0.25) is 14.4 Å². The van der Waals surface area contributed by atoms with Gasteiger partial charge in [0, 0.05) is 19.3 Å². The molecule has 0 aliphatic rings. The van der Waals surface area contributed by atoms with E-state index in [4.69, 9.17) is 14.2 Å². The maximum atomic E-state index is 12.8. The molecule has 65 heavy (non-hydrogen) atoms. The molecule has 0 heterocycles. The Kier molecular flexibility index (Phi) is 49.1. The molecule has 0 radical (unpaired) electrons. The molecule has 366 valence electrons. The van der Waals surface area contributed by atoms with Gasteiger partial charge in [0.2, 0.25) is 0 Å². The molecule has 0 fully saturated rings. The van der Waals surface area contributed by atoms with Gasteiger partial charge in [0.05, 0.1) is 0 Å². The summed E-state index contributed by atoms with van der Waals surface area (Å²) in [6.45, 7) is 6.28. The minimum absolute atomic E-state index is 0.120. The van der Waals surface area contributed by atoms with Crippen molar-refractivity contribution in [2.75, 3.05) is 13.2 Å². The zero-order valence-corrected chi connectivity index (χ0v) is 41.7. The molecule has 0 aliphatic carbocycles. The minimum Gasteiger partial charge on any atom is -0.462 e. The third-order valence-electron chi connectivity index (χ3n) is 10.6. The molecule has 0 aromatic rings. The zero-order valence-electron chi connectivity index (χ0n) is 41.7. The van der Waals surface area contributed by atoms with Gasteiger partial charge < -0.3 is 14.2 Å². The molecule has 0 aromatic carbocycles. The second-order valence-electron chi connectivity index (χ2n) is 16.8. The van der Waals surface area contributed by atoms with Crippen molar-refractivity contribution in [3.05, 3.63) is 122 Å². The molecule has 0 amide bonds. The standard InChI is InChI=1S/C59H94O6/c1-4-7-10-13-16-19-22-25-27-28-29-30-32-34-37-40-43-46-49-52-58(61)64-55-56(54-63-57(60)51-48-45-42-39-36-33-24-21-18-15-12-9-6-3)65-59(62)53-50-47-44-41-38-35-31-26-23-20-17-14-11-8-5-2/h7,9-10,12,15-16,18-19,21,24-25,27,29-30,33-34,36-37,39,42,56H,4-6,8,11,13-14,17,20,22-23,26,28,31-32,35,38,40-41,43-55H2,1-3H3/b10-7+,12-9+,18-15+,19-16+,24-21+,27-25+,30-29+,36-33+,37-34+,42-39+. The van der Waals surface area contributed by atoms with Gasteiger partial charge in [0.15, 0.2) is 6.10 Å². The summed E-state index contributed by atoms with van der Waals surface area (Å²) < 4.78 is 16.7. The first-order chi connectivity index (χ1) is 32.0. The monoisotopic (exact) mass is 899 g/mol. The maximum absolute atomic E-state index is 12.8. The molecule has 1 unspecified atom stereocenters. The number of rotatable bonds is 45. The lowest BCUT2D eigenvalue weighted by molar-refractivity contribution is -0.167. The fourth-order valence-corrected chi connectivity index (χ4v) is 6.73. The molecule has 0 aromatic heterocycles. The van der Waals surface area contributed by atoms with Crippen molar-refractivity contribution in [2.24, 2.45) is 0 Å². The smallest absolute Gasteiger partial charge is 0.306 e. The van der Waals surface area contributed by atoms with Crippen LogP contribution in [0.3, 0.4) is 0 Å². The van der Waals surface area contributed by atoms with Crippen molar-refractivity contribution in [2.45, 2.75) is 219 Å². The number of carbonyl (C=O) groups is 3. The Morgan fingerprint density at radius 2 is 0.692 bits per heavy atom. The Balaban J connectivity index is 4.53. The molecule has 0 spiro atoms. The summed E-state index contributed by atoms with van der Waals surface area (Å²) in [6.07, 6.45) is 71.9. The van der Waals surface area contributed by atoms with Crippen LogP contribution in [-0.4, -0.2) is 37.2 Å². The first kappa shape index (κ1) is 60.8. The summed E-state index contributed by atoms with van der Waals surface area (Å²) in [4.78, 5) is 38.0. The first-order valence-corrected chi connectivity index (χ1v) is 26.1. The van der Waals surface area contributed by atoms with Crippen LogP contribution in [0.2, 0.25) is 0 Å². The molecule has 0 aliphatic heterocycles. The van der Waals surface area contributed by atoms with Gasteiger partial charge in [-0.2, -0.15) is 0 Å². The van der Waals surface area contributed by atoms with Crippen LogP contribution >= 0.6 is 0 Å². The lowest BCUT2D eigenvalue weighted by Gasteiger charge is -2.18. The first-order valence-electron chi connectivity index (χ1n) is 26.1. The van der Waals surface area contributed by atoms with E-state index in [1.165, 1.54) is 77.0 Å². The lowest BCUT2D eigenvalue weighted by Crippen LogP contribution is -2.30. The van der Waals surface area contributed by atoms with Gasteiger partial charge in [0.25, 0.3) is 0 Å². The van der Waals surface area contributed by atoms with Crippen LogP contribution in [0.1, 0.15) is 213 Å². The van der Waals surface area contributed by atoms with Crippen LogP contribution in [0, 0.1) is 0 Å². The predicted octanol–water partition coefficient (Wildman–Crippen LogP) is 17.3. The van der Waals surface area contributed by atoms with Crippen LogP contribution in [-0.2, 0) is 28.6 Å². The van der Waals surface area contributed by atoms with Gasteiger partial charge in [-0.25, -0.2) is 0 Å². The van der Waals surface area contributed by atoms with Crippen LogP contribution in [0.15, 0.2) is 122 Å². The Morgan fingerprint density at radius 3 is 1.17 bits per heavy atom.